The smallest absolute Gasteiger partial charge is 0.272 e. The van der Waals surface area contributed by atoms with Crippen LogP contribution in [0.1, 0.15) is 20.8 Å². The van der Waals surface area contributed by atoms with E-state index in [1.807, 2.05) is 20.8 Å². The minimum absolute atomic E-state index is 0.0422. The average molecular weight is 227 g/mol. The highest BCUT2D eigenvalue weighted by Crippen LogP contribution is 2.24. The molecule has 0 amide bonds. The van der Waals surface area contributed by atoms with Crippen molar-refractivity contribution in [3.63, 3.8) is 0 Å². The van der Waals surface area contributed by atoms with Crippen LogP contribution in [0.5, 0.6) is 5.75 Å². The summed E-state index contributed by atoms with van der Waals surface area (Å²) in [5, 5.41) is 10.4. The fourth-order valence-corrected chi connectivity index (χ4v) is 1.01. The minimum Gasteiger partial charge on any atom is -0.490 e. The maximum atomic E-state index is 13.4. The van der Waals surface area contributed by atoms with Crippen molar-refractivity contribution in [2.45, 2.75) is 20.8 Å². The summed E-state index contributed by atoms with van der Waals surface area (Å²) in [7, 11) is 0. The average Bonchev–Trinajstić information content (AvgIpc) is 2.14. The zero-order chi connectivity index (χ0) is 12.3. The van der Waals surface area contributed by atoms with E-state index in [4.69, 9.17) is 4.74 Å². The zero-order valence-corrected chi connectivity index (χ0v) is 9.49. The molecule has 1 rings (SSSR count). The quantitative estimate of drug-likeness (QED) is 0.588. The molecule has 0 heterocycles. The molecule has 0 fully saturated rings. The van der Waals surface area contributed by atoms with Crippen LogP contribution in [0.2, 0.25) is 0 Å². The van der Waals surface area contributed by atoms with Crippen molar-refractivity contribution in [3.05, 3.63) is 34.1 Å². The molecular weight excluding hydrogens is 213 g/mol. The summed E-state index contributed by atoms with van der Waals surface area (Å²) in [6.45, 7) is 6.21. The van der Waals surface area contributed by atoms with Crippen LogP contribution in [0.25, 0.3) is 0 Å². The third kappa shape index (κ3) is 3.49. The van der Waals surface area contributed by atoms with Crippen LogP contribution >= 0.6 is 0 Å². The molecule has 1 aromatic carbocycles. The Morgan fingerprint density at radius 1 is 1.44 bits per heavy atom. The number of nitro benzene ring substituents is 1. The van der Waals surface area contributed by atoms with Crippen LogP contribution in [0.4, 0.5) is 10.1 Å². The molecule has 0 bridgehead atoms. The van der Waals surface area contributed by atoms with E-state index in [1.54, 1.807) is 0 Å². The predicted molar refractivity (Wildman–Crippen MR) is 58.0 cm³/mol. The molecule has 0 unspecified atom stereocenters. The Morgan fingerprint density at radius 3 is 2.50 bits per heavy atom. The molecule has 0 spiro atoms. The lowest BCUT2D eigenvalue weighted by molar-refractivity contribution is -0.385. The Bertz CT molecular complexity index is 399. The second kappa shape index (κ2) is 4.47. The van der Waals surface area contributed by atoms with Crippen molar-refractivity contribution in [2.75, 3.05) is 6.61 Å². The SMILES string of the molecule is CC(C)(C)COc1ccc([N+](=O)[O-])cc1F. The Labute approximate surface area is 93.2 Å². The molecule has 0 radical (unpaired) electrons. The van der Waals surface area contributed by atoms with E-state index in [1.165, 1.54) is 12.1 Å². The Balaban J connectivity index is 2.80. The molecule has 0 N–H and O–H groups in total. The molecule has 0 saturated heterocycles. The van der Waals surface area contributed by atoms with Gasteiger partial charge < -0.3 is 4.74 Å². The molecule has 16 heavy (non-hydrogen) atoms. The first kappa shape index (κ1) is 12.4. The Kier molecular flexibility index (Phi) is 3.47. The van der Waals surface area contributed by atoms with E-state index >= 15 is 0 Å². The van der Waals surface area contributed by atoms with Gasteiger partial charge in [0.15, 0.2) is 11.6 Å². The fraction of sp³-hybridized carbons (Fsp3) is 0.455. The molecule has 0 aliphatic carbocycles. The fourth-order valence-electron chi connectivity index (χ4n) is 1.01. The van der Waals surface area contributed by atoms with Gasteiger partial charge in [0.1, 0.15) is 0 Å². The van der Waals surface area contributed by atoms with Gasteiger partial charge in [0, 0.05) is 6.07 Å². The molecule has 0 aliphatic heterocycles. The van der Waals surface area contributed by atoms with Crippen LogP contribution in [-0.4, -0.2) is 11.5 Å². The van der Waals surface area contributed by atoms with Gasteiger partial charge in [0.2, 0.25) is 0 Å². The van der Waals surface area contributed by atoms with E-state index in [0.29, 0.717) is 6.61 Å². The molecule has 1 aromatic rings. The second-order valence-corrected chi connectivity index (χ2v) is 4.72. The molecule has 0 aromatic heterocycles. The monoisotopic (exact) mass is 227 g/mol. The van der Waals surface area contributed by atoms with E-state index in [-0.39, 0.29) is 16.9 Å². The highest BCUT2D eigenvalue weighted by molar-refractivity contribution is 5.37. The number of nitro groups is 1. The summed E-state index contributed by atoms with van der Waals surface area (Å²) >= 11 is 0. The number of benzene rings is 1. The molecule has 0 aliphatic rings. The van der Waals surface area contributed by atoms with Gasteiger partial charge in [-0.1, -0.05) is 20.8 Å². The van der Waals surface area contributed by atoms with Crippen LogP contribution in [0.3, 0.4) is 0 Å². The van der Waals surface area contributed by atoms with Crippen molar-refractivity contribution in [1.82, 2.24) is 0 Å². The van der Waals surface area contributed by atoms with Crippen molar-refractivity contribution < 1.29 is 14.1 Å². The molecule has 88 valence electrons. The molecule has 0 saturated carbocycles. The van der Waals surface area contributed by atoms with Crippen molar-refractivity contribution in [3.8, 4) is 5.75 Å². The van der Waals surface area contributed by atoms with Crippen LogP contribution < -0.4 is 4.74 Å². The maximum absolute atomic E-state index is 13.4. The lowest BCUT2D eigenvalue weighted by Crippen LogP contribution is -2.17. The Morgan fingerprint density at radius 2 is 2.06 bits per heavy atom. The van der Waals surface area contributed by atoms with Gasteiger partial charge in [-0.2, -0.15) is 0 Å². The van der Waals surface area contributed by atoms with Gasteiger partial charge in [-0.25, -0.2) is 4.39 Å². The van der Waals surface area contributed by atoms with Gasteiger partial charge in [-0.15, -0.1) is 0 Å². The molecule has 4 nitrogen and oxygen atoms in total. The number of nitrogens with zero attached hydrogens (tertiary/aromatic N) is 1. The lowest BCUT2D eigenvalue weighted by atomic mass is 9.99. The number of non-ortho nitro benzene ring substituents is 1. The lowest BCUT2D eigenvalue weighted by Gasteiger charge is -2.18. The standard InChI is InChI=1S/C11H14FNO3/c1-11(2,3)7-16-10-5-4-8(13(14)15)6-9(10)12/h4-6H,7H2,1-3H3. The van der Waals surface area contributed by atoms with Gasteiger partial charge in [-0.3, -0.25) is 10.1 Å². The molecular formula is C11H14FNO3. The van der Waals surface area contributed by atoms with E-state index in [9.17, 15) is 14.5 Å². The maximum Gasteiger partial charge on any atom is 0.272 e. The predicted octanol–water partition coefficient (Wildman–Crippen LogP) is 3.16. The number of hydrogen-bond acceptors (Lipinski definition) is 3. The van der Waals surface area contributed by atoms with Gasteiger partial charge in [0.25, 0.3) is 5.69 Å². The van der Waals surface area contributed by atoms with Gasteiger partial charge in [0.05, 0.1) is 17.6 Å². The molecule has 0 atom stereocenters. The van der Waals surface area contributed by atoms with Crippen LogP contribution in [0, 0.1) is 21.3 Å². The number of rotatable bonds is 3. The summed E-state index contributed by atoms with van der Waals surface area (Å²) < 4.78 is 18.6. The van der Waals surface area contributed by atoms with E-state index in [2.05, 4.69) is 0 Å². The second-order valence-electron chi connectivity index (χ2n) is 4.72. The van der Waals surface area contributed by atoms with Gasteiger partial charge >= 0.3 is 0 Å². The van der Waals surface area contributed by atoms with Gasteiger partial charge in [-0.05, 0) is 11.5 Å². The number of hydrogen-bond donors (Lipinski definition) is 0. The summed E-state index contributed by atoms with van der Waals surface area (Å²) in [6, 6.07) is 3.36. The highest BCUT2D eigenvalue weighted by atomic mass is 19.1. The van der Waals surface area contributed by atoms with Crippen LogP contribution in [0.15, 0.2) is 18.2 Å². The minimum atomic E-state index is -0.710. The first-order valence-corrected chi connectivity index (χ1v) is 4.86. The third-order valence-electron chi connectivity index (χ3n) is 1.79. The summed E-state index contributed by atoms with van der Waals surface area (Å²) in [5.74, 6) is -0.668. The first-order valence-electron chi connectivity index (χ1n) is 4.86. The summed E-state index contributed by atoms with van der Waals surface area (Å²) in [5.41, 5.74) is -0.366. The number of ether oxygens (including phenoxy) is 1. The zero-order valence-electron chi connectivity index (χ0n) is 9.49. The highest BCUT2D eigenvalue weighted by Gasteiger charge is 2.15. The van der Waals surface area contributed by atoms with E-state index < -0.39 is 10.7 Å². The van der Waals surface area contributed by atoms with E-state index in [0.717, 1.165) is 6.07 Å². The largest absolute Gasteiger partial charge is 0.490 e. The number of halogens is 1. The van der Waals surface area contributed by atoms with Crippen molar-refractivity contribution >= 4 is 5.69 Å². The summed E-state index contributed by atoms with van der Waals surface area (Å²) in [6.07, 6.45) is 0. The topological polar surface area (TPSA) is 52.4 Å². The first-order chi connectivity index (χ1) is 7.29. The summed E-state index contributed by atoms with van der Waals surface area (Å²) in [4.78, 5) is 9.74. The normalized spacial score (nSPS) is 11.2. The van der Waals surface area contributed by atoms with Crippen LogP contribution in [-0.2, 0) is 0 Å². The third-order valence-corrected chi connectivity index (χ3v) is 1.79. The Hall–Kier alpha value is -1.65. The molecule has 5 heteroatoms. The van der Waals surface area contributed by atoms with Crippen molar-refractivity contribution in [1.29, 1.82) is 0 Å². The van der Waals surface area contributed by atoms with Crippen molar-refractivity contribution in [2.24, 2.45) is 5.41 Å².